The molecule has 0 radical (unpaired) electrons. The van der Waals surface area contributed by atoms with Gasteiger partial charge in [0.05, 0.1) is 24.7 Å². The Bertz CT molecular complexity index is 1440. The van der Waals surface area contributed by atoms with Gasteiger partial charge in [-0.05, 0) is 43.0 Å². The summed E-state index contributed by atoms with van der Waals surface area (Å²) in [5.41, 5.74) is 3.01. The minimum atomic E-state index is -0.504. The lowest BCUT2D eigenvalue weighted by atomic mass is 10.1. The number of ketones is 1. The van der Waals surface area contributed by atoms with E-state index in [0.29, 0.717) is 37.4 Å². The number of hydrogen-bond acceptors (Lipinski definition) is 6. The maximum absolute atomic E-state index is 13.1. The number of morpholine rings is 1. The average Bonchev–Trinajstić information content (AvgIpc) is 3.35. The summed E-state index contributed by atoms with van der Waals surface area (Å²) >= 11 is 4.31. The van der Waals surface area contributed by atoms with Crippen LogP contribution >= 0.6 is 27.7 Å². The molecule has 0 spiro atoms. The second kappa shape index (κ2) is 10.6. The Hall–Kier alpha value is -3.21. The molecule has 1 aromatic heterocycles. The summed E-state index contributed by atoms with van der Waals surface area (Å²) in [6.45, 7) is 3.93. The Kier molecular flexibility index (Phi) is 7.32. The number of carbonyl (C=O) groups excluding carboxylic acids is 4. The fraction of sp³-hybridized carbons (Fsp3) is 0.259. The molecular formula is C27H24BrN3O5S. The van der Waals surface area contributed by atoms with E-state index >= 15 is 0 Å². The molecule has 0 bridgehead atoms. The second-order valence-corrected chi connectivity index (χ2v) is 10.8. The molecule has 0 atom stereocenters. The summed E-state index contributed by atoms with van der Waals surface area (Å²) in [7, 11) is 0. The highest BCUT2D eigenvalue weighted by atomic mass is 79.9. The number of thioether (sulfide) groups is 1. The van der Waals surface area contributed by atoms with E-state index in [1.165, 1.54) is 0 Å². The molecule has 2 aromatic carbocycles. The van der Waals surface area contributed by atoms with E-state index < -0.39 is 11.1 Å². The van der Waals surface area contributed by atoms with Gasteiger partial charge in [0, 0.05) is 45.8 Å². The smallest absolute Gasteiger partial charge is 0.293 e. The number of Topliss-reactive ketones (excluding diaryl/α,β-unsaturated/α-hetero) is 1. The lowest BCUT2D eigenvalue weighted by molar-refractivity contribution is -0.135. The Morgan fingerprint density at radius 1 is 1.05 bits per heavy atom. The minimum absolute atomic E-state index is 0.00962. The summed E-state index contributed by atoms with van der Waals surface area (Å²) in [6.07, 6.45) is 3.48. The Balaban J connectivity index is 1.40. The van der Waals surface area contributed by atoms with E-state index in [1.807, 2.05) is 48.0 Å². The van der Waals surface area contributed by atoms with Crippen molar-refractivity contribution in [2.75, 3.05) is 32.8 Å². The number of imide groups is 1. The van der Waals surface area contributed by atoms with Crippen molar-refractivity contribution in [1.82, 2.24) is 14.4 Å². The molecule has 5 rings (SSSR count). The van der Waals surface area contributed by atoms with Crippen LogP contribution in [0.25, 0.3) is 17.0 Å². The monoisotopic (exact) mass is 581 g/mol. The molecule has 0 N–H and O–H groups in total. The molecule has 0 saturated carbocycles. The van der Waals surface area contributed by atoms with E-state index in [1.54, 1.807) is 23.1 Å². The zero-order chi connectivity index (χ0) is 26.1. The zero-order valence-electron chi connectivity index (χ0n) is 20.1. The Morgan fingerprint density at radius 3 is 2.51 bits per heavy atom. The number of halogens is 1. The van der Waals surface area contributed by atoms with Crippen LogP contribution in [0.1, 0.15) is 21.5 Å². The van der Waals surface area contributed by atoms with Crippen molar-refractivity contribution in [3.05, 3.63) is 74.7 Å². The zero-order valence-corrected chi connectivity index (χ0v) is 22.5. The lowest BCUT2D eigenvalue weighted by Gasteiger charge is -2.27. The molecule has 2 aliphatic heterocycles. The van der Waals surface area contributed by atoms with Crippen molar-refractivity contribution < 1.29 is 23.9 Å². The summed E-state index contributed by atoms with van der Waals surface area (Å²) in [4.78, 5) is 54.3. The molecule has 0 aliphatic carbocycles. The first-order valence-corrected chi connectivity index (χ1v) is 13.4. The third-order valence-electron chi connectivity index (χ3n) is 6.38. The summed E-state index contributed by atoms with van der Waals surface area (Å²) in [5, 5.41) is 0.357. The number of benzene rings is 2. The fourth-order valence-corrected chi connectivity index (χ4v) is 5.54. The van der Waals surface area contributed by atoms with Crippen LogP contribution in [-0.2, 0) is 20.9 Å². The quantitative estimate of drug-likeness (QED) is 0.315. The molecule has 0 unspecified atom stereocenters. The standard InChI is InChI=1S/C27H24BrN3O5S/c1-17-2-4-18(5-3-17)23(32)15-31-26(34)24(37-27(31)35)12-19-14-30(22-7-6-20(28)13-21(19)22)16-25(33)29-8-10-36-11-9-29/h2-7,12-14H,8-11,15-16H2,1H3/b24-12-. The second-order valence-electron chi connectivity index (χ2n) is 8.92. The number of amides is 3. The van der Waals surface area contributed by atoms with Crippen LogP contribution in [0.2, 0.25) is 0 Å². The van der Waals surface area contributed by atoms with E-state index in [4.69, 9.17) is 4.74 Å². The number of aromatic nitrogens is 1. The van der Waals surface area contributed by atoms with Crippen molar-refractivity contribution >= 4 is 67.5 Å². The first kappa shape index (κ1) is 25.4. The Morgan fingerprint density at radius 2 is 1.78 bits per heavy atom. The number of nitrogens with zero attached hydrogens (tertiary/aromatic N) is 3. The van der Waals surface area contributed by atoms with Crippen LogP contribution in [0.5, 0.6) is 0 Å². The lowest BCUT2D eigenvalue weighted by Crippen LogP contribution is -2.42. The first-order chi connectivity index (χ1) is 17.8. The highest BCUT2D eigenvalue weighted by molar-refractivity contribution is 9.10. The van der Waals surface area contributed by atoms with Gasteiger partial charge in [-0.3, -0.25) is 24.1 Å². The van der Waals surface area contributed by atoms with Crippen molar-refractivity contribution in [2.45, 2.75) is 13.5 Å². The highest BCUT2D eigenvalue weighted by Gasteiger charge is 2.36. The highest BCUT2D eigenvalue weighted by Crippen LogP contribution is 2.35. The van der Waals surface area contributed by atoms with Crippen molar-refractivity contribution in [2.24, 2.45) is 0 Å². The largest absolute Gasteiger partial charge is 0.378 e. The SMILES string of the molecule is Cc1ccc(C(=O)CN2C(=O)S/C(=C\c3cn(CC(=O)N4CCOCC4)c4ccc(Br)cc34)C2=O)cc1. The van der Waals surface area contributed by atoms with Gasteiger partial charge in [-0.15, -0.1) is 0 Å². The van der Waals surface area contributed by atoms with Crippen LogP contribution in [0.3, 0.4) is 0 Å². The van der Waals surface area contributed by atoms with Gasteiger partial charge in [-0.1, -0.05) is 45.8 Å². The molecule has 8 nitrogen and oxygen atoms in total. The van der Waals surface area contributed by atoms with E-state index in [9.17, 15) is 19.2 Å². The minimum Gasteiger partial charge on any atom is -0.378 e. The van der Waals surface area contributed by atoms with Crippen molar-refractivity contribution in [1.29, 1.82) is 0 Å². The van der Waals surface area contributed by atoms with Crippen LogP contribution in [0, 0.1) is 6.92 Å². The van der Waals surface area contributed by atoms with E-state index in [0.717, 1.165) is 37.6 Å². The van der Waals surface area contributed by atoms with Crippen molar-refractivity contribution in [3.63, 3.8) is 0 Å². The van der Waals surface area contributed by atoms with Gasteiger partial charge in [0.25, 0.3) is 11.1 Å². The van der Waals surface area contributed by atoms with Gasteiger partial charge in [0.15, 0.2) is 5.78 Å². The third kappa shape index (κ3) is 5.41. The van der Waals surface area contributed by atoms with Crippen LogP contribution in [0.4, 0.5) is 4.79 Å². The summed E-state index contributed by atoms with van der Waals surface area (Å²) in [6, 6.07) is 12.7. The normalized spacial score (nSPS) is 17.3. The van der Waals surface area contributed by atoms with Gasteiger partial charge < -0.3 is 14.2 Å². The molecule has 37 heavy (non-hydrogen) atoms. The Labute approximate surface area is 226 Å². The van der Waals surface area contributed by atoms with Crippen LogP contribution in [0.15, 0.2) is 58.0 Å². The van der Waals surface area contributed by atoms with Gasteiger partial charge in [0.1, 0.15) is 6.54 Å². The molecule has 3 amide bonds. The number of fused-ring (bicyclic) bond motifs is 1. The molecule has 2 saturated heterocycles. The number of ether oxygens (including phenoxy) is 1. The molecule has 3 aromatic rings. The number of aryl methyl sites for hydroxylation is 1. The van der Waals surface area contributed by atoms with Gasteiger partial charge >= 0.3 is 0 Å². The molecular weight excluding hydrogens is 558 g/mol. The van der Waals surface area contributed by atoms with Gasteiger partial charge in [0.2, 0.25) is 5.91 Å². The molecule has 190 valence electrons. The molecule has 2 fully saturated rings. The van der Waals surface area contributed by atoms with E-state index in [2.05, 4.69) is 15.9 Å². The maximum Gasteiger partial charge on any atom is 0.293 e. The predicted octanol–water partition coefficient (Wildman–Crippen LogP) is 4.49. The van der Waals surface area contributed by atoms with Gasteiger partial charge in [-0.25, -0.2) is 0 Å². The molecule has 3 heterocycles. The number of carbonyl (C=O) groups is 4. The van der Waals surface area contributed by atoms with Crippen molar-refractivity contribution in [3.8, 4) is 0 Å². The molecule has 2 aliphatic rings. The predicted molar refractivity (Wildman–Crippen MR) is 145 cm³/mol. The number of rotatable bonds is 6. The fourth-order valence-electron chi connectivity index (χ4n) is 4.35. The van der Waals surface area contributed by atoms with Crippen LogP contribution < -0.4 is 0 Å². The maximum atomic E-state index is 13.1. The average molecular weight is 582 g/mol. The van der Waals surface area contributed by atoms with Crippen LogP contribution in [-0.4, -0.2) is 70.1 Å². The summed E-state index contributed by atoms with van der Waals surface area (Å²) < 4.78 is 8.05. The summed E-state index contributed by atoms with van der Waals surface area (Å²) in [5.74, 6) is -0.814. The third-order valence-corrected chi connectivity index (χ3v) is 7.78. The van der Waals surface area contributed by atoms with E-state index in [-0.39, 0.29) is 29.7 Å². The molecule has 10 heteroatoms. The topological polar surface area (TPSA) is 88.9 Å². The number of hydrogen-bond donors (Lipinski definition) is 0. The van der Waals surface area contributed by atoms with Gasteiger partial charge in [-0.2, -0.15) is 0 Å². The first-order valence-electron chi connectivity index (χ1n) is 11.8.